The SMILES string of the molecule is O=C(Nc1ccc(NCC2CCCC2)cc1)c1cccc(S(=O)(=O)NCC2CC2)c1. The van der Waals surface area contributed by atoms with Crippen LogP contribution in [0.4, 0.5) is 11.4 Å². The van der Waals surface area contributed by atoms with Crippen LogP contribution in [0.1, 0.15) is 48.9 Å². The number of carbonyl (C=O) groups is 1. The molecule has 0 atom stereocenters. The number of anilines is 2. The second-order valence-electron chi connectivity index (χ2n) is 8.39. The lowest BCUT2D eigenvalue weighted by Gasteiger charge is -2.12. The van der Waals surface area contributed by atoms with Gasteiger partial charge in [0.25, 0.3) is 5.91 Å². The van der Waals surface area contributed by atoms with E-state index < -0.39 is 10.0 Å². The van der Waals surface area contributed by atoms with Crippen LogP contribution in [0.15, 0.2) is 53.4 Å². The van der Waals surface area contributed by atoms with Crippen LogP contribution in [0.2, 0.25) is 0 Å². The lowest BCUT2D eigenvalue weighted by Crippen LogP contribution is -2.26. The van der Waals surface area contributed by atoms with Crippen LogP contribution in [0.3, 0.4) is 0 Å². The third-order valence-corrected chi connectivity index (χ3v) is 7.30. The molecule has 0 radical (unpaired) electrons. The smallest absolute Gasteiger partial charge is 0.255 e. The Morgan fingerprint density at radius 1 is 0.867 bits per heavy atom. The summed E-state index contributed by atoms with van der Waals surface area (Å²) in [7, 11) is -3.60. The van der Waals surface area contributed by atoms with Gasteiger partial charge in [-0.1, -0.05) is 18.9 Å². The molecule has 30 heavy (non-hydrogen) atoms. The van der Waals surface area contributed by atoms with Crippen LogP contribution in [0, 0.1) is 11.8 Å². The summed E-state index contributed by atoms with van der Waals surface area (Å²) in [5.74, 6) is 0.870. The fourth-order valence-corrected chi connectivity index (χ4v) is 4.95. The van der Waals surface area contributed by atoms with Gasteiger partial charge in [-0.05, 0) is 80.0 Å². The molecular formula is C23H29N3O3S. The van der Waals surface area contributed by atoms with Crippen molar-refractivity contribution < 1.29 is 13.2 Å². The number of carbonyl (C=O) groups excluding carboxylic acids is 1. The zero-order valence-electron chi connectivity index (χ0n) is 17.1. The molecule has 1 amide bonds. The third kappa shape index (κ3) is 5.61. The van der Waals surface area contributed by atoms with Gasteiger partial charge >= 0.3 is 0 Å². The summed E-state index contributed by atoms with van der Waals surface area (Å²) >= 11 is 0. The molecule has 0 bridgehead atoms. The van der Waals surface area contributed by atoms with Crippen molar-refractivity contribution in [3.63, 3.8) is 0 Å². The molecule has 160 valence electrons. The molecule has 0 unspecified atom stereocenters. The van der Waals surface area contributed by atoms with E-state index in [4.69, 9.17) is 0 Å². The van der Waals surface area contributed by atoms with Crippen molar-refractivity contribution in [3.05, 3.63) is 54.1 Å². The Labute approximate surface area is 178 Å². The predicted octanol–water partition coefficient (Wildman–Crippen LogP) is 4.23. The average molecular weight is 428 g/mol. The van der Waals surface area contributed by atoms with Gasteiger partial charge in [-0.3, -0.25) is 4.79 Å². The van der Waals surface area contributed by atoms with Gasteiger partial charge in [-0.2, -0.15) is 0 Å². The molecule has 2 saturated carbocycles. The van der Waals surface area contributed by atoms with Gasteiger partial charge in [0, 0.05) is 30.0 Å². The molecule has 3 N–H and O–H groups in total. The number of nitrogens with one attached hydrogen (secondary N) is 3. The van der Waals surface area contributed by atoms with E-state index in [-0.39, 0.29) is 10.8 Å². The second kappa shape index (κ2) is 9.18. The van der Waals surface area contributed by atoms with Gasteiger partial charge < -0.3 is 10.6 Å². The van der Waals surface area contributed by atoms with Crippen LogP contribution >= 0.6 is 0 Å². The summed E-state index contributed by atoms with van der Waals surface area (Å²) in [5.41, 5.74) is 2.02. The average Bonchev–Trinajstić information content (AvgIpc) is 3.45. The Hall–Kier alpha value is -2.38. The van der Waals surface area contributed by atoms with Crippen molar-refractivity contribution in [2.24, 2.45) is 11.8 Å². The molecule has 0 saturated heterocycles. The Bertz CT molecular complexity index is 979. The van der Waals surface area contributed by atoms with Crippen molar-refractivity contribution in [1.82, 2.24) is 4.72 Å². The van der Waals surface area contributed by atoms with E-state index in [1.54, 1.807) is 12.1 Å². The Morgan fingerprint density at radius 2 is 1.53 bits per heavy atom. The van der Waals surface area contributed by atoms with Crippen molar-refractivity contribution in [2.75, 3.05) is 23.7 Å². The van der Waals surface area contributed by atoms with Gasteiger partial charge in [0.05, 0.1) is 4.90 Å². The van der Waals surface area contributed by atoms with E-state index in [1.807, 2.05) is 24.3 Å². The lowest BCUT2D eigenvalue weighted by atomic mass is 10.1. The number of rotatable bonds is 9. The van der Waals surface area contributed by atoms with Crippen molar-refractivity contribution in [2.45, 2.75) is 43.4 Å². The molecule has 2 aromatic rings. The predicted molar refractivity (Wildman–Crippen MR) is 119 cm³/mol. The van der Waals surface area contributed by atoms with Crippen molar-refractivity contribution in [1.29, 1.82) is 0 Å². The molecule has 0 heterocycles. The van der Waals surface area contributed by atoms with Gasteiger partial charge in [0.15, 0.2) is 0 Å². The maximum absolute atomic E-state index is 12.6. The first-order chi connectivity index (χ1) is 14.5. The van der Waals surface area contributed by atoms with Crippen LogP contribution < -0.4 is 15.4 Å². The fourth-order valence-electron chi connectivity index (χ4n) is 3.79. The highest BCUT2D eigenvalue weighted by Crippen LogP contribution is 2.28. The highest BCUT2D eigenvalue weighted by atomic mass is 32.2. The van der Waals surface area contributed by atoms with Crippen LogP contribution in [0.5, 0.6) is 0 Å². The summed E-state index contributed by atoms with van der Waals surface area (Å²) < 4.78 is 27.5. The highest BCUT2D eigenvalue weighted by Gasteiger charge is 2.24. The number of benzene rings is 2. The van der Waals surface area contributed by atoms with Gasteiger partial charge in [-0.15, -0.1) is 0 Å². The molecule has 0 aromatic heterocycles. The molecule has 2 aromatic carbocycles. The Balaban J connectivity index is 1.35. The zero-order valence-corrected chi connectivity index (χ0v) is 17.9. The van der Waals surface area contributed by atoms with E-state index in [0.717, 1.165) is 31.0 Å². The molecule has 4 rings (SSSR count). The number of amides is 1. The van der Waals surface area contributed by atoms with Crippen molar-refractivity contribution in [3.8, 4) is 0 Å². The maximum Gasteiger partial charge on any atom is 0.255 e. The molecule has 2 aliphatic rings. The lowest BCUT2D eigenvalue weighted by molar-refractivity contribution is 0.102. The van der Waals surface area contributed by atoms with Gasteiger partial charge in [0.1, 0.15) is 0 Å². The summed E-state index contributed by atoms with van der Waals surface area (Å²) in [4.78, 5) is 12.7. The molecule has 7 heteroatoms. The molecule has 0 spiro atoms. The normalized spacial score (nSPS) is 17.1. The maximum atomic E-state index is 12.6. The summed E-state index contributed by atoms with van der Waals surface area (Å²) in [6, 6.07) is 13.8. The van der Waals surface area contributed by atoms with E-state index in [9.17, 15) is 13.2 Å². The largest absolute Gasteiger partial charge is 0.385 e. The van der Waals surface area contributed by atoms with Crippen LogP contribution in [-0.2, 0) is 10.0 Å². The zero-order chi connectivity index (χ0) is 21.0. The summed E-state index contributed by atoms with van der Waals surface area (Å²) in [6.07, 6.45) is 7.39. The molecule has 2 aliphatic carbocycles. The molecule has 0 aliphatic heterocycles. The molecule has 6 nitrogen and oxygen atoms in total. The first-order valence-corrected chi connectivity index (χ1v) is 12.2. The quantitative estimate of drug-likeness (QED) is 0.559. The van der Waals surface area contributed by atoms with Crippen LogP contribution in [0.25, 0.3) is 0 Å². The van der Waals surface area contributed by atoms with E-state index in [1.165, 1.54) is 37.8 Å². The summed E-state index contributed by atoms with van der Waals surface area (Å²) in [5, 5.41) is 6.30. The molecular weight excluding hydrogens is 398 g/mol. The Kier molecular flexibility index (Phi) is 6.39. The fraction of sp³-hybridized carbons (Fsp3) is 0.435. The van der Waals surface area contributed by atoms with E-state index in [0.29, 0.717) is 23.7 Å². The van der Waals surface area contributed by atoms with E-state index in [2.05, 4.69) is 15.4 Å². The van der Waals surface area contributed by atoms with E-state index >= 15 is 0 Å². The monoisotopic (exact) mass is 427 g/mol. The first-order valence-electron chi connectivity index (χ1n) is 10.7. The number of hydrogen-bond donors (Lipinski definition) is 3. The third-order valence-electron chi connectivity index (χ3n) is 5.88. The number of sulfonamides is 1. The minimum atomic E-state index is -3.60. The first kappa shape index (κ1) is 20.9. The highest BCUT2D eigenvalue weighted by molar-refractivity contribution is 7.89. The van der Waals surface area contributed by atoms with Gasteiger partial charge in [0.2, 0.25) is 10.0 Å². The molecule has 2 fully saturated rings. The summed E-state index contributed by atoms with van der Waals surface area (Å²) in [6.45, 7) is 1.45. The van der Waals surface area contributed by atoms with Crippen LogP contribution in [-0.4, -0.2) is 27.4 Å². The topological polar surface area (TPSA) is 87.3 Å². The van der Waals surface area contributed by atoms with Gasteiger partial charge in [-0.25, -0.2) is 13.1 Å². The van der Waals surface area contributed by atoms with Crippen molar-refractivity contribution >= 4 is 27.3 Å². The standard InChI is InChI=1S/C23H29N3O3S/c27-23(19-6-3-7-22(14-19)30(28,29)25-16-18-8-9-18)26-21-12-10-20(11-13-21)24-15-17-4-1-2-5-17/h3,6-7,10-14,17-18,24-25H,1-2,4-5,8-9,15-16H2,(H,26,27). The minimum Gasteiger partial charge on any atom is -0.385 e. The Morgan fingerprint density at radius 3 is 2.23 bits per heavy atom. The number of hydrogen-bond acceptors (Lipinski definition) is 4. The minimum absolute atomic E-state index is 0.113. The second-order valence-corrected chi connectivity index (χ2v) is 10.2.